The molecule has 0 rings (SSSR count). The monoisotopic (exact) mass is 704 g/mol. The molecule has 0 aromatic heterocycles. The van der Waals surface area contributed by atoms with Crippen LogP contribution in [0.5, 0.6) is 0 Å². The Morgan fingerprint density at radius 2 is 1.10 bits per heavy atom. The van der Waals surface area contributed by atoms with E-state index in [9.17, 15) is 24.2 Å². The van der Waals surface area contributed by atoms with Gasteiger partial charge in [-0.3, -0.25) is 18.6 Å². The molecule has 3 unspecified atom stereocenters. The lowest BCUT2D eigenvalue weighted by atomic mass is 10.0. The van der Waals surface area contributed by atoms with Gasteiger partial charge in [0.15, 0.2) is 6.10 Å². The Bertz CT molecular complexity index is 863. The zero-order valence-corrected chi connectivity index (χ0v) is 31.1. The molecule has 11 heteroatoms. The summed E-state index contributed by atoms with van der Waals surface area (Å²) in [6.07, 6.45) is 31.4. The van der Waals surface area contributed by atoms with Crippen molar-refractivity contribution in [1.82, 2.24) is 0 Å². The first kappa shape index (κ1) is 46.5. The number of carbonyl (C=O) groups is 2. The van der Waals surface area contributed by atoms with Crippen LogP contribution in [0.4, 0.5) is 0 Å². The molecule has 0 amide bonds. The van der Waals surface area contributed by atoms with Crippen molar-refractivity contribution >= 4 is 19.8 Å². The molecule has 0 aliphatic heterocycles. The number of aliphatic hydroxyl groups excluding tert-OH is 2. The Morgan fingerprint density at radius 1 is 0.625 bits per heavy atom. The largest absolute Gasteiger partial charge is 0.472 e. The van der Waals surface area contributed by atoms with Crippen LogP contribution in [-0.2, 0) is 32.7 Å². The normalized spacial score (nSPS) is 14.4. The number of aliphatic hydroxyl groups is 2. The van der Waals surface area contributed by atoms with E-state index in [0.717, 1.165) is 32.1 Å². The molecule has 0 aromatic rings. The van der Waals surface area contributed by atoms with E-state index >= 15 is 0 Å². The molecule has 3 atom stereocenters. The second-order valence-electron chi connectivity index (χ2n) is 12.6. The predicted octanol–water partition coefficient (Wildman–Crippen LogP) is 9.05. The van der Waals surface area contributed by atoms with Gasteiger partial charge in [-0.25, -0.2) is 4.57 Å². The van der Waals surface area contributed by atoms with Crippen LogP contribution in [0, 0.1) is 0 Å². The van der Waals surface area contributed by atoms with Gasteiger partial charge < -0.3 is 24.6 Å². The first-order valence-corrected chi connectivity index (χ1v) is 20.3. The van der Waals surface area contributed by atoms with E-state index in [1.165, 1.54) is 89.9 Å². The molecule has 0 aliphatic rings. The summed E-state index contributed by atoms with van der Waals surface area (Å²) < 4.78 is 32.1. The van der Waals surface area contributed by atoms with Crippen LogP contribution in [0.25, 0.3) is 0 Å². The first-order valence-electron chi connectivity index (χ1n) is 18.8. The lowest BCUT2D eigenvalue weighted by Crippen LogP contribution is -2.29. The Labute approximate surface area is 291 Å². The topological polar surface area (TPSA) is 149 Å². The minimum atomic E-state index is -4.59. The molecule has 3 N–H and O–H groups in total. The van der Waals surface area contributed by atoms with Gasteiger partial charge in [0.25, 0.3) is 0 Å². The fourth-order valence-electron chi connectivity index (χ4n) is 4.88. The minimum absolute atomic E-state index is 0.182. The smallest absolute Gasteiger partial charge is 0.462 e. The summed E-state index contributed by atoms with van der Waals surface area (Å²) in [4.78, 5) is 34.1. The molecular formula is C37H69O10P. The first-order chi connectivity index (χ1) is 23.2. The fraction of sp³-hybridized carbons (Fsp3) is 0.838. The Balaban J connectivity index is 3.95. The number of esters is 2. The molecule has 0 bridgehead atoms. The minimum Gasteiger partial charge on any atom is -0.462 e. The van der Waals surface area contributed by atoms with Gasteiger partial charge in [-0.2, -0.15) is 0 Å². The third-order valence-corrected chi connectivity index (χ3v) is 8.81. The van der Waals surface area contributed by atoms with Crippen molar-refractivity contribution in [3.8, 4) is 0 Å². The van der Waals surface area contributed by atoms with E-state index in [1.807, 2.05) is 6.92 Å². The molecule has 10 nitrogen and oxygen atoms in total. The standard InChI is InChI=1S/C37H69O10P/c1-3-5-7-8-9-10-11-12-13-14-15-16-17-18-19-20-21-22-23-24-25-26-27-29-37(41)47-35(32-44-36(40)28-6-4-2)33-46-48(42,43)45-31-34(39)30-38/h11-12,14-15,34-35,38-39H,3-10,13,16-33H2,1-2H3,(H,42,43)/b12-11-,15-14-. The molecule has 282 valence electrons. The van der Waals surface area contributed by atoms with Crippen molar-refractivity contribution in [3.05, 3.63) is 24.3 Å². The molecule has 0 aliphatic carbocycles. The number of ether oxygens (including phenoxy) is 2. The van der Waals surface area contributed by atoms with E-state index in [1.54, 1.807) is 0 Å². The van der Waals surface area contributed by atoms with Gasteiger partial charge in [-0.15, -0.1) is 0 Å². The number of hydrogen-bond acceptors (Lipinski definition) is 9. The molecule has 0 heterocycles. The van der Waals surface area contributed by atoms with E-state index in [0.29, 0.717) is 12.8 Å². The molecule has 0 saturated heterocycles. The van der Waals surface area contributed by atoms with Crippen LogP contribution < -0.4 is 0 Å². The van der Waals surface area contributed by atoms with Gasteiger partial charge in [0.05, 0.1) is 19.8 Å². The van der Waals surface area contributed by atoms with Crippen LogP contribution in [0.3, 0.4) is 0 Å². The average molecular weight is 705 g/mol. The maximum absolute atomic E-state index is 12.4. The molecule has 0 aromatic carbocycles. The summed E-state index contributed by atoms with van der Waals surface area (Å²) in [6, 6.07) is 0. The summed E-state index contributed by atoms with van der Waals surface area (Å²) in [7, 11) is -4.59. The number of phosphoric ester groups is 1. The molecule has 0 saturated carbocycles. The van der Waals surface area contributed by atoms with E-state index in [2.05, 4.69) is 35.8 Å². The van der Waals surface area contributed by atoms with Crippen LogP contribution in [0.15, 0.2) is 24.3 Å². The third-order valence-electron chi connectivity index (χ3n) is 7.86. The highest BCUT2D eigenvalue weighted by Gasteiger charge is 2.27. The summed E-state index contributed by atoms with van der Waals surface area (Å²) in [5.41, 5.74) is 0. The second kappa shape index (κ2) is 33.9. The molecule has 48 heavy (non-hydrogen) atoms. The van der Waals surface area contributed by atoms with Crippen molar-refractivity contribution in [2.24, 2.45) is 0 Å². The summed E-state index contributed by atoms with van der Waals surface area (Å²) in [5, 5.41) is 18.1. The van der Waals surface area contributed by atoms with Gasteiger partial charge in [0.2, 0.25) is 0 Å². The van der Waals surface area contributed by atoms with Gasteiger partial charge in [0.1, 0.15) is 12.7 Å². The number of carbonyl (C=O) groups excluding carboxylic acids is 2. The Morgan fingerprint density at radius 3 is 1.65 bits per heavy atom. The molecular weight excluding hydrogens is 635 g/mol. The number of phosphoric acid groups is 1. The van der Waals surface area contributed by atoms with Gasteiger partial charge in [-0.1, -0.05) is 128 Å². The summed E-state index contributed by atoms with van der Waals surface area (Å²) >= 11 is 0. The maximum Gasteiger partial charge on any atom is 0.472 e. The van der Waals surface area contributed by atoms with Crippen molar-refractivity contribution in [1.29, 1.82) is 0 Å². The highest BCUT2D eigenvalue weighted by Crippen LogP contribution is 2.43. The highest BCUT2D eigenvalue weighted by molar-refractivity contribution is 7.47. The average Bonchev–Trinajstić information content (AvgIpc) is 3.07. The predicted molar refractivity (Wildman–Crippen MR) is 191 cm³/mol. The number of unbranched alkanes of at least 4 members (excludes halogenated alkanes) is 17. The quantitative estimate of drug-likeness (QED) is 0.0252. The molecule has 0 fully saturated rings. The van der Waals surface area contributed by atoms with E-state index < -0.39 is 51.8 Å². The molecule has 0 radical (unpaired) electrons. The highest BCUT2D eigenvalue weighted by atomic mass is 31.2. The fourth-order valence-corrected chi connectivity index (χ4v) is 5.67. The third kappa shape index (κ3) is 33.0. The lowest BCUT2D eigenvalue weighted by molar-refractivity contribution is -0.161. The maximum atomic E-state index is 12.4. The number of hydrogen-bond donors (Lipinski definition) is 3. The van der Waals surface area contributed by atoms with Crippen LogP contribution in [-0.4, -0.2) is 65.7 Å². The van der Waals surface area contributed by atoms with Crippen molar-refractivity contribution in [2.45, 2.75) is 174 Å². The van der Waals surface area contributed by atoms with Crippen LogP contribution in [0.1, 0.15) is 162 Å². The number of rotatable bonds is 35. The van der Waals surface area contributed by atoms with Gasteiger partial charge in [-0.05, 0) is 44.9 Å². The zero-order valence-electron chi connectivity index (χ0n) is 30.2. The van der Waals surface area contributed by atoms with Crippen molar-refractivity contribution in [3.63, 3.8) is 0 Å². The van der Waals surface area contributed by atoms with Crippen molar-refractivity contribution in [2.75, 3.05) is 26.4 Å². The summed E-state index contributed by atoms with van der Waals surface area (Å²) in [5.74, 6) is -0.967. The van der Waals surface area contributed by atoms with E-state index in [4.69, 9.17) is 19.1 Å². The summed E-state index contributed by atoms with van der Waals surface area (Å²) in [6.45, 7) is 2.08. The number of allylic oxidation sites excluding steroid dienone is 4. The molecule has 0 spiro atoms. The van der Waals surface area contributed by atoms with Gasteiger partial charge in [0, 0.05) is 12.8 Å². The van der Waals surface area contributed by atoms with Crippen LogP contribution in [0.2, 0.25) is 0 Å². The lowest BCUT2D eigenvalue weighted by Gasteiger charge is -2.20. The van der Waals surface area contributed by atoms with Crippen LogP contribution >= 0.6 is 7.82 Å². The SMILES string of the molecule is CCCCCCC/C=C\C/C=C\CCCCCCCCCCCCCC(=O)OC(COC(=O)CCCC)COP(=O)(O)OCC(O)CO. The zero-order chi connectivity index (χ0) is 35.6. The Kier molecular flexibility index (Phi) is 32.8. The second-order valence-corrected chi connectivity index (χ2v) is 14.1. The van der Waals surface area contributed by atoms with E-state index in [-0.39, 0.29) is 19.4 Å². The Hall–Kier alpha value is -1.55. The van der Waals surface area contributed by atoms with Gasteiger partial charge >= 0.3 is 19.8 Å². The van der Waals surface area contributed by atoms with Crippen molar-refractivity contribution < 1.29 is 47.8 Å².